The fourth-order valence-electron chi connectivity index (χ4n) is 1.39. The lowest BCUT2D eigenvalue weighted by atomic mass is 10.1. The molecule has 0 unspecified atom stereocenters. The summed E-state index contributed by atoms with van der Waals surface area (Å²) < 4.78 is 0. The summed E-state index contributed by atoms with van der Waals surface area (Å²) in [5.74, 6) is 0.0264. The van der Waals surface area contributed by atoms with Crippen molar-refractivity contribution in [1.29, 1.82) is 0 Å². The van der Waals surface area contributed by atoms with Crippen molar-refractivity contribution in [2.75, 3.05) is 0 Å². The molecule has 0 rings (SSSR count). The maximum atomic E-state index is 11.2. The van der Waals surface area contributed by atoms with Crippen LogP contribution in [-0.2, 0) is 4.79 Å². The van der Waals surface area contributed by atoms with Gasteiger partial charge in [-0.15, -0.1) is 0 Å². The predicted octanol–water partition coefficient (Wildman–Crippen LogP) is 3.43. The van der Waals surface area contributed by atoms with Crippen LogP contribution >= 0.6 is 0 Å². The topological polar surface area (TPSA) is 29.1 Å². The van der Waals surface area contributed by atoms with Gasteiger partial charge in [0.05, 0.1) is 0 Å². The van der Waals surface area contributed by atoms with Crippen molar-refractivity contribution in [3.8, 4) is 0 Å². The molecule has 0 fully saturated rings. The van der Waals surface area contributed by atoms with Gasteiger partial charge in [0.2, 0.25) is 5.91 Å². The third-order valence-corrected chi connectivity index (χ3v) is 2.17. The van der Waals surface area contributed by atoms with Crippen molar-refractivity contribution in [3.63, 3.8) is 0 Å². The molecule has 1 amide bonds. The van der Waals surface area contributed by atoms with E-state index in [1.807, 2.05) is 19.9 Å². The van der Waals surface area contributed by atoms with Crippen molar-refractivity contribution >= 4 is 5.91 Å². The Morgan fingerprint density at radius 3 is 2.47 bits per heavy atom. The SMILES string of the molecule is CCCCCCCC=CC(=O)NC(C)C. The van der Waals surface area contributed by atoms with E-state index in [1.165, 1.54) is 32.1 Å². The second kappa shape index (κ2) is 9.75. The quantitative estimate of drug-likeness (QED) is 0.483. The van der Waals surface area contributed by atoms with Crippen LogP contribution in [0.1, 0.15) is 59.3 Å². The average Bonchev–Trinajstić information content (AvgIpc) is 2.15. The highest BCUT2D eigenvalue weighted by molar-refractivity contribution is 5.87. The molecule has 0 spiro atoms. The van der Waals surface area contributed by atoms with E-state index >= 15 is 0 Å². The van der Waals surface area contributed by atoms with Gasteiger partial charge in [0.1, 0.15) is 0 Å². The number of hydrogen-bond donors (Lipinski definition) is 1. The van der Waals surface area contributed by atoms with Crippen molar-refractivity contribution < 1.29 is 4.79 Å². The van der Waals surface area contributed by atoms with E-state index in [0.717, 1.165) is 6.42 Å². The number of carbonyl (C=O) groups excluding carboxylic acids is 1. The van der Waals surface area contributed by atoms with Gasteiger partial charge in [0, 0.05) is 6.04 Å². The Balaban J connectivity index is 3.34. The average molecular weight is 211 g/mol. The van der Waals surface area contributed by atoms with E-state index in [-0.39, 0.29) is 11.9 Å². The lowest BCUT2D eigenvalue weighted by molar-refractivity contribution is -0.116. The first-order valence-electron chi connectivity index (χ1n) is 6.13. The molecule has 1 N–H and O–H groups in total. The van der Waals surface area contributed by atoms with E-state index in [9.17, 15) is 4.79 Å². The summed E-state index contributed by atoms with van der Waals surface area (Å²) in [6.07, 6.45) is 11.1. The summed E-state index contributed by atoms with van der Waals surface area (Å²) in [4.78, 5) is 11.2. The smallest absolute Gasteiger partial charge is 0.243 e. The summed E-state index contributed by atoms with van der Waals surface area (Å²) in [6, 6.07) is 0.228. The number of carbonyl (C=O) groups is 1. The lowest BCUT2D eigenvalue weighted by Crippen LogP contribution is -2.28. The molecular formula is C13H25NO. The Labute approximate surface area is 94.1 Å². The maximum Gasteiger partial charge on any atom is 0.243 e. The first-order chi connectivity index (χ1) is 7.16. The molecule has 2 heteroatoms. The van der Waals surface area contributed by atoms with Gasteiger partial charge in [0.25, 0.3) is 0 Å². The van der Waals surface area contributed by atoms with Crippen LogP contribution in [0.4, 0.5) is 0 Å². The monoisotopic (exact) mass is 211 g/mol. The summed E-state index contributed by atoms with van der Waals surface area (Å²) in [5.41, 5.74) is 0. The van der Waals surface area contributed by atoms with Crippen LogP contribution in [0.2, 0.25) is 0 Å². The molecule has 0 radical (unpaired) electrons. The Morgan fingerprint density at radius 1 is 1.20 bits per heavy atom. The molecule has 0 atom stereocenters. The highest BCUT2D eigenvalue weighted by Gasteiger charge is 1.96. The molecular weight excluding hydrogens is 186 g/mol. The molecule has 0 aliphatic carbocycles. The van der Waals surface area contributed by atoms with E-state index in [2.05, 4.69) is 12.2 Å². The van der Waals surface area contributed by atoms with Gasteiger partial charge in [-0.3, -0.25) is 4.79 Å². The van der Waals surface area contributed by atoms with Gasteiger partial charge in [0.15, 0.2) is 0 Å². The van der Waals surface area contributed by atoms with E-state index in [0.29, 0.717) is 0 Å². The van der Waals surface area contributed by atoms with E-state index in [1.54, 1.807) is 6.08 Å². The number of hydrogen-bond acceptors (Lipinski definition) is 1. The predicted molar refractivity (Wildman–Crippen MR) is 65.8 cm³/mol. The van der Waals surface area contributed by atoms with Gasteiger partial charge >= 0.3 is 0 Å². The minimum Gasteiger partial charge on any atom is -0.350 e. The number of allylic oxidation sites excluding steroid dienone is 1. The van der Waals surface area contributed by atoms with Crippen LogP contribution in [0.25, 0.3) is 0 Å². The summed E-state index contributed by atoms with van der Waals surface area (Å²) in [6.45, 7) is 6.16. The number of amides is 1. The van der Waals surface area contributed by atoms with Gasteiger partial charge in [-0.2, -0.15) is 0 Å². The van der Waals surface area contributed by atoms with Crippen LogP contribution in [0.3, 0.4) is 0 Å². The highest BCUT2D eigenvalue weighted by Crippen LogP contribution is 2.05. The molecule has 0 aromatic heterocycles. The first-order valence-corrected chi connectivity index (χ1v) is 6.13. The van der Waals surface area contributed by atoms with Crippen molar-refractivity contribution in [1.82, 2.24) is 5.32 Å². The largest absolute Gasteiger partial charge is 0.350 e. The van der Waals surface area contributed by atoms with Crippen molar-refractivity contribution in [2.24, 2.45) is 0 Å². The maximum absolute atomic E-state index is 11.2. The second-order valence-corrected chi connectivity index (χ2v) is 4.27. The molecule has 0 aliphatic rings. The first kappa shape index (κ1) is 14.2. The minimum atomic E-state index is 0.0264. The molecule has 0 aromatic carbocycles. The van der Waals surface area contributed by atoms with Crippen molar-refractivity contribution in [3.05, 3.63) is 12.2 Å². The lowest BCUT2D eigenvalue weighted by Gasteiger charge is -2.03. The van der Waals surface area contributed by atoms with Crippen molar-refractivity contribution in [2.45, 2.75) is 65.3 Å². The van der Waals surface area contributed by atoms with Gasteiger partial charge in [-0.1, -0.05) is 38.7 Å². The fraction of sp³-hybridized carbons (Fsp3) is 0.769. The summed E-state index contributed by atoms with van der Waals surface area (Å²) in [7, 11) is 0. The molecule has 0 aromatic rings. The second-order valence-electron chi connectivity index (χ2n) is 4.27. The zero-order valence-electron chi connectivity index (χ0n) is 10.4. The Bertz CT molecular complexity index is 185. The molecule has 0 saturated heterocycles. The molecule has 0 bridgehead atoms. The molecule has 0 aliphatic heterocycles. The van der Waals surface area contributed by atoms with Gasteiger partial charge in [-0.05, 0) is 32.8 Å². The van der Waals surface area contributed by atoms with E-state index in [4.69, 9.17) is 0 Å². The Kier molecular flexibility index (Phi) is 9.24. The normalized spacial score (nSPS) is 11.2. The molecule has 15 heavy (non-hydrogen) atoms. The zero-order chi connectivity index (χ0) is 11.5. The number of nitrogens with one attached hydrogen (secondary N) is 1. The van der Waals surface area contributed by atoms with Crippen LogP contribution in [-0.4, -0.2) is 11.9 Å². The Hall–Kier alpha value is -0.790. The van der Waals surface area contributed by atoms with Crippen LogP contribution in [0.15, 0.2) is 12.2 Å². The van der Waals surface area contributed by atoms with Crippen LogP contribution in [0.5, 0.6) is 0 Å². The minimum absolute atomic E-state index is 0.0264. The summed E-state index contributed by atoms with van der Waals surface area (Å²) in [5, 5.41) is 2.83. The number of unbranched alkanes of at least 4 members (excludes halogenated alkanes) is 5. The van der Waals surface area contributed by atoms with Crippen LogP contribution < -0.4 is 5.32 Å². The fourth-order valence-corrected chi connectivity index (χ4v) is 1.39. The van der Waals surface area contributed by atoms with E-state index < -0.39 is 0 Å². The molecule has 0 saturated carbocycles. The third kappa shape index (κ3) is 11.1. The number of rotatable bonds is 8. The van der Waals surface area contributed by atoms with Crippen LogP contribution in [0, 0.1) is 0 Å². The standard InChI is InChI=1S/C13H25NO/c1-4-5-6-7-8-9-10-11-13(15)14-12(2)3/h10-12H,4-9H2,1-3H3,(H,14,15). The van der Waals surface area contributed by atoms with Gasteiger partial charge in [-0.25, -0.2) is 0 Å². The molecule has 0 heterocycles. The third-order valence-electron chi connectivity index (χ3n) is 2.17. The van der Waals surface area contributed by atoms with Gasteiger partial charge < -0.3 is 5.32 Å². The highest BCUT2D eigenvalue weighted by atomic mass is 16.1. The molecule has 2 nitrogen and oxygen atoms in total. The molecule has 88 valence electrons. The zero-order valence-corrected chi connectivity index (χ0v) is 10.4. The summed E-state index contributed by atoms with van der Waals surface area (Å²) >= 11 is 0. The Morgan fingerprint density at radius 2 is 1.87 bits per heavy atom.